The van der Waals surface area contributed by atoms with Gasteiger partial charge in [0, 0.05) is 17.6 Å². The van der Waals surface area contributed by atoms with Crippen molar-refractivity contribution in [3.05, 3.63) is 51.5 Å². The predicted molar refractivity (Wildman–Crippen MR) is 103 cm³/mol. The number of halogens is 2. The van der Waals surface area contributed by atoms with Gasteiger partial charge in [0.15, 0.2) is 0 Å². The number of anilines is 1. The van der Waals surface area contributed by atoms with Crippen molar-refractivity contribution in [2.24, 2.45) is 0 Å². The molecule has 1 amide bonds. The molecule has 9 heteroatoms. The first-order valence-electron chi connectivity index (χ1n) is 7.88. The van der Waals surface area contributed by atoms with Crippen LogP contribution in [0, 0.1) is 0 Å². The number of nitrogens with one attached hydrogen (secondary N) is 1. The average Bonchev–Trinajstić information content (AvgIpc) is 3.12. The van der Waals surface area contributed by atoms with E-state index in [1.165, 1.54) is 28.6 Å². The Bertz CT molecular complexity index is 959. The third-order valence-corrected chi connectivity index (χ3v) is 6.80. The van der Waals surface area contributed by atoms with Gasteiger partial charge in [0.2, 0.25) is 10.0 Å². The number of sulfonamides is 1. The zero-order chi connectivity index (χ0) is 18.9. The number of hydrogen-bond donors (Lipinski definition) is 2. The highest BCUT2D eigenvalue weighted by molar-refractivity contribution is 9.10. The minimum Gasteiger partial charge on any atom is -0.506 e. The maximum Gasteiger partial charge on any atom is 0.257 e. The molecule has 6 nitrogen and oxygen atoms in total. The molecule has 0 unspecified atom stereocenters. The molecule has 2 N–H and O–H groups in total. The van der Waals surface area contributed by atoms with E-state index in [-0.39, 0.29) is 26.9 Å². The van der Waals surface area contributed by atoms with Crippen LogP contribution in [0.1, 0.15) is 23.2 Å². The number of aromatic hydroxyl groups is 1. The molecule has 1 aliphatic heterocycles. The first-order valence-corrected chi connectivity index (χ1v) is 10.5. The lowest BCUT2D eigenvalue weighted by atomic mass is 10.2. The second-order valence-electron chi connectivity index (χ2n) is 5.87. The van der Waals surface area contributed by atoms with Crippen molar-refractivity contribution in [1.29, 1.82) is 0 Å². The molecule has 0 radical (unpaired) electrons. The van der Waals surface area contributed by atoms with Crippen LogP contribution in [0.3, 0.4) is 0 Å². The molecule has 0 atom stereocenters. The number of phenols is 1. The number of rotatable bonds is 4. The Morgan fingerprint density at radius 2 is 1.85 bits per heavy atom. The van der Waals surface area contributed by atoms with Gasteiger partial charge in [-0.05, 0) is 49.2 Å². The molecule has 26 heavy (non-hydrogen) atoms. The largest absolute Gasteiger partial charge is 0.506 e. The zero-order valence-electron chi connectivity index (χ0n) is 13.6. The van der Waals surface area contributed by atoms with E-state index in [9.17, 15) is 18.3 Å². The van der Waals surface area contributed by atoms with Gasteiger partial charge in [0.1, 0.15) is 5.75 Å². The summed E-state index contributed by atoms with van der Waals surface area (Å²) in [4.78, 5) is 12.5. The fourth-order valence-electron chi connectivity index (χ4n) is 2.72. The highest BCUT2D eigenvalue weighted by Crippen LogP contribution is 2.30. The number of nitrogens with zero attached hydrogens (tertiary/aromatic N) is 1. The van der Waals surface area contributed by atoms with Crippen LogP contribution in [-0.4, -0.2) is 36.8 Å². The summed E-state index contributed by atoms with van der Waals surface area (Å²) < 4.78 is 27.4. The molecule has 0 bridgehead atoms. The number of carbonyl (C=O) groups is 1. The van der Waals surface area contributed by atoms with Crippen molar-refractivity contribution >= 4 is 49.1 Å². The molecule has 1 heterocycles. The molecule has 2 aromatic carbocycles. The summed E-state index contributed by atoms with van der Waals surface area (Å²) in [5.41, 5.74) is 0.219. The Labute approximate surface area is 165 Å². The van der Waals surface area contributed by atoms with Crippen LogP contribution in [0.2, 0.25) is 5.02 Å². The van der Waals surface area contributed by atoms with Crippen LogP contribution in [-0.2, 0) is 10.0 Å². The van der Waals surface area contributed by atoms with E-state index in [1.54, 1.807) is 12.1 Å². The van der Waals surface area contributed by atoms with Crippen LogP contribution < -0.4 is 5.32 Å². The van der Waals surface area contributed by atoms with Crippen molar-refractivity contribution in [3.8, 4) is 5.75 Å². The summed E-state index contributed by atoms with van der Waals surface area (Å²) in [6.07, 6.45) is 1.64. The third kappa shape index (κ3) is 3.88. The highest BCUT2D eigenvalue weighted by atomic mass is 79.9. The van der Waals surface area contributed by atoms with Gasteiger partial charge >= 0.3 is 0 Å². The van der Waals surface area contributed by atoms with E-state index in [0.717, 1.165) is 17.3 Å². The molecule has 138 valence electrons. The molecule has 0 aromatic heterocycles. The molecular weight excluding hydrogens is 444 g/mol. The fourth-order valence-corrected chi connectivity index (χ4v) is 5.02. The molecule has 0 saturated carbocycles. The average molecular weight is 460 g/mol. The minimum absolute atomic E-state index is 0.00857. The smallest absolute Gasteiger partial charge is 0.257 e. The highest BCUT2D eigenvalue weighted by Gasteiger charge is 2.28. The number of hydrogen-bond acceptors (Lipinski definition) is 4. The number of carbonyl (C=O) groups excluding carboxylic acids is 1. The molecule has 1 saturated heterocycles. The summed E-state index contributed by atoms with van der Waals surface area (Å²) in [6.45, 7) is 0.943. The molecular formula is C17H16BrClN2O4S. The van der Waals surface area contributed by atoms with Gasteiger partial charge in [-0.1, -0.05) is 27.5 Å². The second-order valence-corrected chi connectivity index (χ2v) is 9.13. The van der Waals surface area contributed by atoms with Crippen molar-refractivity contribution in [2.45, 2.75) is 17.7 Å². The van der Waals surface area contributed by atoms with Crippen molar-refractivity contribution in [3.63, 3.8) is 0 Å². The Morgan fingerprint density at radius 1 is 1.15 bits per heavy atom. The second kappa shape index (κ2) is 7.56. The summed E-state index contributed by atoms with van der Waals surface area (Å²) >= 11 is 9.32. The zero-order valence-corrected chi connectivity index (χ0v) is 16.7. The Balaban J connectivity index is 1.89. The van der Waals surface area contributed by atoms with Gasteiger partial charge < -0.3 is 10.4 Å². The first kappa shape index (κ1) is 19.2. The summed E-state index contributed by atoms with van der Waals surface area (Å²) in [7, 11) is -3.65. The van der Waals surface area contributed by atoms with Gasteiger partial charge in [-0.3, -0.25) is 4.79 Å². The predicted octanol–water partition coefficient (Wildman–Crippen LogP) is 3.84. The van der Waals surface area contributed by atoms with E-state index < -0.39 is 15.9 Å². The molecule has 0 aliphatic carbocycles. The SMILES string of the molecule is O=C(Nc1cc(S(=O)(=O)N2CCCC2)ccc1O)c1ccc(Br)cc1Cl. The van der Waals surface area contributed by atoms with Gasteiger partial charge in [-0.2, -0.15) is 4.31 Å². The number of amides is 1. The first-order chi connectivity index (χ1) is 12.3. The van der Waals surface area contributed by atoms with E-state index in [2.05, 4.69) is 21.2 Å². The van der Waals surface area contributed by atoms with Crippen LogP contribution in [0.15, 0.2) is 45.8 Å². The van der Waals surface area contributed by atoms with Crippen molar-refractivity contribution < 1.29 is 18.3 Å². The Kier molecular flexibility index (Phi) is 5.57. The third-order valence-electron chi connectivity index (χ3n) is 4.09. The van der Waals surface area contributed by atoms with Crippen LogP contribution in [0.25, 0.3) is 0 Å². The lowest BCUT2D eigenvalue weighted by Gasteiger charge is -2.17. The van der Waals surface area contributed by atoms with Gasteiger partial charge in [0.05, 0.1) is 21.2 Å². The van der Waals surface area contributed by atoms with Crippen molar-refractivity contribution in [1.82, 2.24) is 4.31 Å². The van der Waals surface area contributed by atoms with Crippen LogP contribution in [0.5, 0.6) is 5.75 Å². The maximum atomic E-state index is 12.7. The minimum atomic E-state index is -3.65. The van der Waals surface area contributed by atoms with E-state index in [0.29, 0.717) is 13.1 Å². The van der Waals surface area contributed by atoms with Gasteiger partial charge in [-0.15, -0.1) is 0 Å². The van der Waals surface area contributed by atoms with Gasteiger partial charge in [0.25, 0.3) is 5.91 Å². The lowest BCUT2D eigenvalue weighted by Crippen LogP contribution is -2.28. The standard InChI is InChI=1S/C17H16BrClN2O4S/c18-11-3-5-13(14(19)9-11)17(23)20-15-10-12(4-6-16(15)22)26(24,25)21-7-1-2-8-21/h3-6,9-10,22H,1-2,7-8H2,(H,20,23). The summed E-state index contributed by atoms with van der Waals surface area (Å²) in [5, 5.41) is 12.8. The monoisotopic (exact) mass is 458 g/mol. The Morgan fingerprint density at radius 3 is 2.50 bits per heavy atom. The quantitative estimate of drug-likeness (QED) is 0.680. The molecule has 2 aromatic rings. The molecule has 1 aliphatic rings. The summed E-state index contributed by atoms with van der Waals surface area (Å²) in [6, 6.07) is 8.60. The summed E-state index contributed by atoms with van der Waals surface area (Å²) in [5.74, 6) is -0.777. The van der Waals surface area contributed by atoms with E-state index >= 15 is 0 Å². The van der Waals surface area contributed by atoms with E-state index in [4.69, 9.17) is 11.6 Å². The molecule has 0 spiro atoms. The van der Waals surface area contributed by atoms with Crippen molar-refractivity contribution in [2.75, 3.05) is 18.4 Å². The van der Waals surface area contributed by atoms with Crippen LogP contribution in [0.4, 0.5) is 5.69 Å². The topological polar surface area (TPSA) is 86.7 Å². The molecule has 3 rings (SSSR count). The normalized spacial score (nSPS) is 15.2. The lowest BCUT2D eigenvalue weighted by molar-refractivity contribution is 0.102. The fraction of sp³-hybridized carbons (Fsp3) is 0.235. The maximum absolute atomic E-state index is 12.7. The number of phenolic OH excluding ortho intramolecular Hbond substituents is 1. The van der Waals surface area contributed by atoms with E-state index in [1.807, 2.05) is 0 Å². The number of benzene rings is 2. The van der Waals surface area contributed by atoms with Crippen LogP contribution >= 0.6 is 27.5 Å². The van der Waals surface area contributed by atoms with Gasteiger partial charge in [-0.25, -0.2) is 8.42 Å². The Hall–Kier alpha value is -1.61. The molecule has 1 fully saturated rings.